The summed E-state index contributed by atoms with van der Waals surface area (Å²) in [6, 6.07) is -0.228. The van der Waals surface area contributed by atoms with Crippen LogP contribution in [-0.2, 0) is 10.2 Å². The summed E-state index contributed by atoms with van der Waals surface area (Å²) in [7, 11) is -1.76. The maximum atomic E-state index is 12.1. The summed E-state index contributed by atoms with van der Waals surface area (Å²) in [4.78, 5) is 0. The monoisotopic (exact) mass is 250 g/mol. The summed E-state index contributed by atoms with van der Waals surface area (Å²) in [5, 5.41) is 9.13. The third kappa shape index (κ3) is 2.94. The van der Waals surface area contributed by atoms with E-state index in [4.69, 9.17) is 5.11 Å². The Hall–Kier alpha value is -0.170. The van der Waals surface area contributed by atoms with E-state index in [0.717, 1.165) is 25.7 Å². The molecule has 0 bridgehead atoms. The highest BCUT2D eigenvalue weighted by molar-refractivity contribution is 7.86. The fraction of sp³-hybridized carbons (Fsp3) is 1.00. The molecule has 0 spiro atoms. The van der Waals surface area contributed by atoms with Crippen LogP contribution in [0.1, 0.15) is 32.6 Å². The van der Waals surface area contributed by atoms with Gasteiger partial charge < -0.3 is 5.11 Å². The fourth-order valence-corrected chi connectivity index (χ4v) is 3.60. The summed E-state index contributed by atoms with van der Waals surface area (Å²) in [6.07, 6.45) is 3.44. The van der Waals surface area contributed by atoms with Gasteiger partial charge in [-0.1, -0.05) is 13.3 Å². The van der Waals surface area contributed by atoms with Crippen molar-refractivity contribution in [3.8, 4) is 0 Å². The molecule has 0 aromatic heterocycles. The van der Waals surface area contributed by atoms with Crippen LogP contribution in [-0.4, -0.2) is 54.9 Å². The van der Waals surface area contributed by atoms with Crippen LogP contribution in [0, 0.1) is 0 Å². The predicted molar refractivity (Wildman–Crippen MR) is 63.3 cm³/mol. The largest absolute Gasteiger partial charge is 0.395 e. The molecule has 0 aliphatic carbocycles. The molecule has 16 heavy (non-hydrogen) atoms. The van der Waals surface area contributed by atoms with Gasteiger partial charge in [-0.2, -0.15) is 17.0 Å². The predicted octanol–water partition coefficient (Wildman–Crippen LogP) is 0.420. The van der Waals surface area contributed by atoms with E-state index in [1.165, 1.54) is 8.61 Å². The molecular formula is C10H22N2O3S. The van der Waals surface area contributed by atoms with E-state index in [2.05, 4.69) is 0 Å². The molecule has 0 saturated carbocycles. The van der Waals surface area contributed by atoms with Gasteiger partial charge in [0.2, 0.25) is 0 Å². The zero-order valence-electron chi connectivity index (χ0n) is 10.1. The Bertz CT molecular complexity index is 305. The van der Waals surface area contributed by atoms with E-state index >= 15 is 0 Å². The highest BCUT2D eigenvalue weighted by Gasteiger charge is 2.35. The molecule has 0 aromatic carbocycles. The average molecular weight is 250 g/mol. The van der Waals surface area contributed by atoms with Gasteiger partial charge in [0.25, 0.3) is 10.2 Å². The molecule has 1 rings (SSSR count). The molecular weight excluding hydrogens is 228 g/mol. The summed E-state index contributed by atoms with van der Waals surface area (Å²) in [6.45, 7) is 3.03. The number of hydrogen-bond donors (Lipinski definition) is 1. The Morgan fingerprint density at radius 2 is 2.19 bits per heavy atom. The van der Waals surface area contributed by atoms with Gasteiger partial charge >= 0.3 is 0 Å². The van der Waals surface area contributed by atoms with E-state index in [-0.39, 0.29) is 12.6 Å². The first-order valence-corrected chi connectivity index (χ1v) is 7.27. The Labute approximate surface area is 98.2 Å². The molecule has 1 heterocycles. The molecule has 1 N–H and O–H groups in total. The first-order chi connectivity index (χ1) is 7.54. The number of hydrogen-bond acceptors (Lipinski definition) is 3. The average Bonchev–Trinajstić information content (AvgIpc) is 2.74. The normalized spacial score (nSPS) is 23.1. The standard InChI is InChI=1S/C10H22N2O3S/c1-3-4-7-11(2)16(14,15)12-8-5-6-10(12)9-13/h10,13H,3-9H2,1-2H3/t10-/m0/s1. The molecule has 1 aliphatic heterocycles. The molecule has 0 amide bonds. The van der Waals surface area contributed by atoms with Crippen molar-refractivity contribution >= 4 is 10.2 Å². The van der Waals surface area contributed by atoms with Gasteiger partial charge in [-0.05, 0) is 19.3 Å². The minimum atomic E-state index is -3.37. The van der Waals surface area contributed by atoms with Gasteiger partial charge in [-0.3, -0.25) is 0 Å². The number of unbranched alkanes of at least 4 members (excludes halogenated alkanes) is 1. The van der Waals surface area contributed by atoms with Crippen LogP contribution in [0.25, 0.3) is 0 Å². The van der Waals surface area contributed by atoms with Crippen molar-refractivity contribution < 1.29 is 13.5 Å². The molecule has 1 aliphatic rings. The van der Waals surface area contributed by atoms with Crippen molar-refractivity contribution in [3.05, 3.63) is 0 Å². The number of aliphatic hydroxyl groups excluding tert-OH is 1. The lowest BCUT2D eigenvalue weighted by atomic mass is 10.2. The second-order valence-corrected chi connectivity index (χ2v) is 6.26. The van der Waals surface area contributed by atoms with Crippen molar-refractivity contribution in [3.63, 3.8) is 0 Å². The van der Waals surface area contributed by atoms with Crippen LogP contribution in [0.4, 0.5) is 0 Å². The van der Waals surface area contributed by atoms with Crippen LogP contribution in [0.2, 0.25) is 0 Å². The summed E-state index contributed by atoms with van der Waals surface area (Å²) >= 11 is 0. The third-order valence-electron chi connectivity index (χ3n) is 3.05. The zero-order chi connectivity index (χ0) is 12.2. The molecule has 1 atom stereocenters. The molecule has 96 valence electrons. The van der Waals surface area contributed by atoms with Gasteiger partial charge in [0.05, 0.1) is 6.61 Å². The lowest BCUT2D eigenvalue weighted by Crippen LogP contribution is -2.45. The van der Waals surface area contributed by atoms with Crippen LogP contribution >= 0.6 is 0 Å². The first-order valence-electron chi connectivity index (χ1n) is 5.88. The smallest absolute Gasteiger partial charge is 0.282 e. The Morgan fingerprint density at radius 3 is 2.75 bits per heavy atom. The molecule has 1 fully saturated rings. The number of aliphatic hydroxyl groups is 1. The Kier molecular flexibility index (Phi) is 5.17. The maximum Gasteiger partial charge on any atom is 0.282 e. The molecule has 5 nitrogen and oxygen atoms in total. The Balaban J connectivity index is 2.68. The summed E-state index contributed by atoms with van der Waals surface area (Å²) in [5.74, 6) is 0. The topological polar surface area (TPSA) is 60.9 Å². The molecule has 1 saturated heterocycles. The molecule has 0 radical (unpaired) electrons. The minimum absolute atomic E-state index is 0.0825. The Morgan fingerprint density at radius 1 is 1.50 bits per heavy atom. The summed E-state index contributed by atoms with van der Waals surface area (Å²) in [5.41, 5.74) is 0. The van der Waals surface area contributed by atoms with Gasteiger partial charge in [-0.25, -0.2) is 0 Å². The van der Waals surface area contributed by atoms with E-state index in [9.17, 15) is 8.42 Å². The molecule has 0 aromatic rings. The van der Waals surface area contributed by atoms with Crippen molar-refractivity contribution in [2.75, 3.05) is 26.7 Å². The van der Waals surface area contributed by atoms with Gasteiger partial charge in [0, 0.05) is 26.2 Å². The quantitative estimate of drug-likeness (QED) is 0.743. The van der Waals surface area contributed by atoms with Gasteiger partial charge in [-0.15, -0.1) is 0 Å². The lowest BCUT2D eigenvalue weighted by molar-refractivity contribution is 0.207. The number of rotatable bonds is 6. The van der Waals surface area contributed by atoms with Crippen LogP contribution in [0.5, 0.6) is 0 Å². The van der Waals surface area contributed by atoms with Crippen LogP contribution in [0.3, 0.4) is 0 Å². The second kappa shape index (κ2) is 5.95. The molecule has 0 unspecified atom stereocenters. The summed E-state index contributed by atoms with van der Waals surface area (Å²) < 4.78 is 27.1. The minimum Gasteiger partial charge on any atom is -0.395 e. The highest BCUT2D eigenvalue weighted by Crippen LogP contribution is 2.22. The highest BCUT2D eigenvalue weighted by atomic mass is 32.2. The fourth-order valence-electron chi connectivity index (χ4n) is 1.97. The van der Waals surface area contributed by atoms with E-state index < -0.39 is 10.2 Å². The van der Waals surface area contributed by atoms with Crippen molar-refractivity contribution in [2.45, 2.75) is 38.6 Å². The van der Waals surface area contributed by atoms with E-state index in [1.54, 1.807) is 7.05 Å². The third-order valence-corrected chi connectivity index (χ3v) is 5.09. The van der Waals surface area contributed by atoms with Crippen LogP contribution < -0.4 is 0 Å². The van der Waals surface area contributed by atoms with Crippen molar-refractivity contribution in [2.24, 2.45) is 0 Å². The SMILES string of the molecule is CCCCN(C)S(=O)(=O)N1CCC[C@H]1CO. The van der Waals surface area contributed by atoms with E-state index in [1.807, 2.05) is 6.92 Å². The van der Waals surface area contributed by atoms with Crippen molar-refractivity contribution in [1.82, 2.24) is 8.61 Å². The maximum absolute atomic E-state index is 12.1. The van der Waals surface area contributed by atoms with Crippen LogP contribution in [0.15, 0.2) is 0 Å². The van der Waals surface area contributed by atoms with E-state index in [0.29, 0.717) is 13.1 Å². The van der Waals surface area contributed by atoms with Gasteiger partial charge in [0.1, 0.15) is 0 Å². The second-order valence-electron chi connectivity index (χ2n) is 4.27. The number of nitrogens with zero attached hydrogens (tertiary/aromatic N) is 2. The van der Waals surface area contributed by atoms with Crippen molar-refractivity contribution in [1.29, 1.82) is 0 Å². The first kappa shape index (κ1) is 13.9. The lowest BCUT2D eigenvalue weighted by Gasteiger charge is -2.27. The zero-order valence-corrected chi connectivity index (χ0v) is 10.9. The van der Waals surface area contributed by atoms with Gasteiger partial charge in [0.15, 0.2) is 0 Å². The molecule has 6 heteroatoms.